The highest BCUT2D eigenvalue weighted by Crippen LogP contribution is 2.27. The molecule has 0 saturated carbocycles. The summed E-state index contributed by atoms with van der Waals surface area (Å²) in [5, 5.41) is 3.70. The summed E-state index contributed by atoms with van der Waals surface area (Å²) in [6, 6.07) is 14.3. The van der Waals surface area contributed by atoms with Gasteiger partial charge in [0.15, 0.2) is 5.16 Å². The van der Waals surface area contributed by atoms with Gasteiger partial charge in [-0.25, -0.2) is 4.98 Å². The summed E-state index contributed by atoms with van der Waals surface area (Å²) in [5.74, 6) is 0.248. The normalized spacial score (nSPS) is 18.5. The van der Waals surface area contributed by atoms with Crippen molar-refractivity contribution in [3.05, 3.63) is 53.6 Å². The molecule has 2 heterocycles. The molecule has 2 aromatic carbocycles. The van der Waals surface area contributed by atoms with Gasteiger partial charge in [0.05, 0.1) is 16.8 Å². The van der Waals surface area contributed by atoms with E-state index in [1.807, 2.05) is 65.8 Å². The summed E-state index contributed by atoms with van der Waals surface area (Å²) < 4.78 is 1.96. The van der Waals surface area contributed by atoms with Gasteiger partial charge in [-0.1, -0.05) is 36.0 Å². The molecule has 33 heavy (non-hydrogen) atoms. The lowest BCUT2D eigenvalue weighted by molar-refractivity contribution is -0.138. The number of anilines is 1. The largest absolute Gasteiger partial charge is 0.336 e. The van der Waals surface area contributed by atoms with Crippen LogP contribution in [0.15, 0.2) is 47.6 Å². The van der Waals surface area contributed by atoms with Gasteiger partial charge in [0.25, 0.3) is 0 Å². The first-order valence-electron chi connectivity index (χ1n) is 11.6. The number of para-hydroxylation sites is 2. The van der Waals surface area contributed by atoms with E-state index in [4.69, 9.17) is 4.98 Å². The van der Waals surface area contributed by atoms with Crippen LogP contribution in [0.25, 0.3) is 11.0 Å². The maximum Gasteiger partial charge on any atom is 0.243 e. The van der Waals surface area contributed by atoms with E-state index in [0.29, 0.717) is 5.16 Å². The summed E-state index contributed by atoms with van der Waals surface area (Å²) in [6.07, 6.45) is 3.25. The fourth-order valence-electron chi connectivity index (χ4n) is 4.63. The summed E-state index contributed by atoms with van der Waals surface area (Å²) in [7, 11) is 0. The Morgan fingerprint density at radius 1 is 1.09 bits per heavy atom. The zero-order valence-electron chi connectivity index (χ0n) is 19.8. The standard InChI is InChI=1S/C26H32N4O2S/c1-17-12-13-18(2)22(14-17)27-24(31)16-33-26-28-21-10-5-6-11-23(21)29(26)15-25(32)30-19(3)8-7-9-20(30)4/h5-6,10-14,19-20H,7-9,15-16H2,1-4H3,(H,27,31)/t19-,20-/m0/s1. The lowest BCUT2D eigenvalue weighted by Crippen LogP contribution is -2.48. The molecule has 3 aromatic rings. The number of carbonyl (C=O) groups is 2. The topological polar surface area (TPSA) is 67.2 Å². The molecule has 0 bridgehead atoms. The first-order valence-corrected chi connectivity index (χ1v) is 12.6. The number of aryl methyl sites for hydroxylation is 2. The maximum absolute atomic E-state index is 13.3. The van der Waals surface area contributed by atoms with Gasteiger partial charge in [-0.2, -0.15) is 0 Å². The van der Waals surface area contributed by atoms with Gasteiger partial charge < -0.3 is 14.8 Å². The minimum absolute atomic E-state index is 0.0862. The number of benzene rings is 2. The van der Waals surface area contributed by atoms with Crippen LogP contribution in [0, 0.1) is 13.8 Å². The molecule has 1 N–H and O–H groups in total. The highest BCUT2D eigenvalue weighted by molar-refractivity contribution is 7.99. The van der Waals surface area contributed by atoms with Crippen molar-refractivity contribution in [2.75, 3.05) is 11.1 Å². The van der Waals surface area contributed by atoms with Gasteiger partial charge in [-0.05, 0) is 76.3 Å². The first kappa shape index (κ1) is 23.4. The molecule has 0 radical (unpaired) electrons. The lowest BCUT2D eigenvalue weighted by Gasteiger charge is -2.39. The third kappa shape index (κ3) is 5.24. The molecule has 1 aliphatic heterocycles. The molecule has 0 spiro atoms. The van der Waals surface area contributed by atoms with Crippen LogP contribution in [0.3, 0.4) is 0 Å². The quantitative estimate of drug-likeness (QED) is 0.511. The Kier molecular flexibility index (Phi) is 7.08. The van der Waals surface area contributed by atoms with Crippen LogP contribution >= 0.6 is 11.8 Å². The number of imidazole rings is 1. The van der Waals surface area contributed by atoms with Crippen LogP contribution in [0.1, 0.15) is 44.2 Å². The molecule has 1 aliphatic rings. The SMILES string of the molecule is Cc1ccc(C)c(NC(=O)CSc2nc3ccccc3n2CC(=O)N2[C@@H](C)CCC[C@@H]2C)c1. The molecule has 1 fully saturated rings. The second kappa shape index (κ2) is 10.00. The van der Waals surface area contributed by atoms with E-state index in [-0.39, 0.29) is 36.2 Å². The second-order valence-electron chi connectivity index (χ2n) is 9.05. The number of rotatable bonds is 6. The molecular formula is C26H32N4O2S. The van der Waals surface area contributed by atoms with Gasteiger partial charge in [-0.3, -0.25) is 9.59 Å². The van der Waals surface area contributed by atoms with Gasteiger partial charge in [0, 0.05) is 17.8 Å². The van der Waals surface area contributed by atoms with Crippen molar-refractivity contribution >= 4 is 40.3 Å². The lowest BCUT2D eigenvalue weighted by atomic mass is 9.97. The number of likely N-dealkylation sites (tertiary alicyclic amines) is 1. The van der Waals surface area contributed by atoms with Crippen molar-refractivity contribution in [1.82, 2.24) is 14.5 Å². The Morgan fingerprint density at radius 2 is 1.82 bits per heavy atom. The molecule has 6 nitrogen and oxygen atoms in total. The number of hydrogen-bond donors (Lipinski definition) is 1. The summed E-state index contributed by atoms with van der Waals surface area (Å²) in [6.45, 7) is 8.49. The molecule has 2 atom stereocenters. The Morgan fingerprint density at radius 3 is 2.58 bits per heavy atom. The highest BCUT2D eigenvalue weighted by atomic mass is 32.2. The molecular weight excluding hydrogens is 432 g/mol. The maximum atomic E-state index is 13.3. The zero-order chi connectivity index (χ0) is 23.5. The van der Waals surface area contributed by atoms with E-state index in [2.05, 4.69) is 19.2 Å². The second-order valence-corrected chi connectivity index (χ2v) is 10.00. The Hall–Kier alpha value is -2.80. The molecule has 0 aliphatic carbocycles. The average Bonchev–Trinajstić information content (AvgIpc) is 3.12. The third-order valence-corrected chi connectivity index (χ3v) is 7.37. The minimum Gasteiger partial charge on any atom is -0.336 e. The van der Waals surface area contributed by atoms with E-state index in [9.17, 15) is 9.59 Å². The molecule has 4 rings (SSSR count). The molecule has 1 saturated heterocycles. The number of thioether (sulfide) groups is 1. The molecule has 174 valence electrons. The summed E-state index contributed by atoms with van der Waals surface area (Å²) in [4.78, 5) is 32.8. The number of nitrogens with zero attached hydrogens (tertiary/aromatic N) is 3. The summed E-state index contributed by atoms with van der Waals surface area (Å²) in [5.41, 5.74) is 4.71. The fourth-order valence-corrected chi connectivity index (χ4v) is 5.45. The predicted octanol–water partition coefficient (Wildman–Crippen LogP) is 5.17. The first-order chi connectivity index (χ1) is 15.8. The van der Waals surface area contributed by atoms with Crippen LogP contribution in [0.4, 0.5) is 5.69 Å². The van der Waals surface area contributed by atoms with Crippen molar-refractivity contribution in [2.24, 2.45) is 0 Å². The van der Waals surface area contributed by atoms with Gasteiger partial charge in [-0.15, -0.1) is 0 Å². The van der Waals surface area contributed by atoms with Crippen LogP contribution in [-0.2, 0) is 16.1 Å². The molecule has 0 unspecified atom stereocenters. The fraction of sp³-hybridized carbons (Fsp3) is 0.423. The number of hydrogen-bond acceptors (Lipinski definition) is 4. The van der Waals surface area contributed by atoms with Gasteiger partial charge in [0.1, 0.15) is 6.54 Å². The third-order valence-electron chi connectivity index (χ3n) is 6.39. The van der Waals surface area contributed by atoms with Crippen LogP contribution in [0.2, 0.25) is 0 Å². The number of nitrogens with one attached hydrogen (secondary N) is 1. The number of amides is 2. The van der Waals surface area contributed by atoms with Gasteiger partial charge in [0.2, 0.25) is 11.8 Å². The number of piperidine rings is 1. The number of aromatic nitrogens is 2. The summed E-state index contributed by atoms with van der Waals surface area (Å²) >= 11 is 1.37. The van der Waals surface area contributed by atoms with E-state index in [0.717, 1.165) is 47.1 Å². The van der Waals surface area contributed by atoms with Crippen LogP contribution in [-0.4, -0.2) is 44.1 Å². The van der Waals surface area contributed by atoms with E-state index in [1.165, 1.54) is 11.8 Å². The predicted molar refractivity (Wildman–Crippen MR) is 135 cm³/mol. The number of fused-ring (bicyclic) bond motifs is 1. The average molecular weight is 465 g/mol. The molecule has 2 amide bonds. The van der Waals surface area contributed by atoms with Crippen molar-refractivity contribution in [1.29, 1.82) is 0 Å². The van der Waals surface area contributed by atoms with E-state index >= 15 is 0 Å². The number of carbonyl (C=O) groups excluding carboxylic acids is 2. The molecule has 1 aromatic heterocycles. The monoisotopic (exact) mass is 464 g/mol. The highest BCUT2D eigenvalue weighted by Gasteiger charge is 2.29. The Labute approximate surface area is 199 Å². The minimum atomic E-state index is -0.0862. The van der Waals surface area contributed by atoms with Crippen molar-refractivity contribution in [3.63, 3.8) is 0 Å². The van der Waals surface area contributed by atoms with Crippen molar-refractivity contribution < 1.29 is 9.59 Å². The Bertz CT molecular complexity index is 1160. The van der Waals surface area contributed by atoms with Crippen LogP contribution < -0.4 is 5.32 Å². The van der Waals surface area contributed by atoms with Gasteiger partial charge >= 0.3 is 0 Å². The van der Waals surface area contributed by atoms with E-state index in [1.54, 1.807) is 0 Å². The zero-order valence-corrected chi connectivity index (χ0v) is 20.6. The van der Waals surface area contributed by atoms with Crippen LogP contribution in [0.5, 0.6) is 0 Å². The smallest absolute Gasteiger partial charge is 0.243 e. The van der Waals surface area contributed by atoms with E-state index < -0.39 is 0 Å². The molecule has 7 heteroatoms. The van der Waals surface area contributed by atoms with Crippen molar-refractivity contribution in [2.45, 2.75) is 70.7 Å². The Balaban J connectivity index is 1.52. The van der Waals surface area contributed by atoms with Crippen molar-refractivity contribution in [3.8, 4) is 0 Å².